The number of hydrogen-bond acceptors (Lipinski definition) is 5. The molecule has 5 nitrogen and oxygen atoms in total. The molecule has 238 valence electrons. The summed E-state index contributed by atoms with van der Waals surface area (Å²) < 4.78 is 6.44. The van der Waals surface area contributed by atoms with Crippen LogP contribution in [0.4, 0.5) is 0 Å². The smallest absolute Gasteiger partial charge is 0.164 e. The molecule has 9 aromatic rings. The fourth-order valence-electron chi connectivity index (χ4n) is 6.71. The first-order valence-electron chi connectivity index (χ1n) is 16.7. The SMILES string of the molecule is N#Cc1ccccc1-c1cccc(-c2cccc(-c3nc(-c4ccccc4)nc(-c4ccc5c(c4)oc4cccc(-c6ccccc6)c45)n3)c2)c1. The number of nitrogens with zero attached hydrogens (tertiary/aromatic N) is 4. The van der Waals surface area contributed by atoms with Crippen LogP contribution in [0.2, 0.25) is 0 Å². The van der Waals surface area contributed by atoms with Gasteiger partial charge in [-0.15, -0.1) is 0 Å². The second-order valence-corrected chi connectivity index (χ2v) is 12.3. The molecule has 51 heavy (non-hydrogen) atoms. The maximum Gasteiger partial charge on any atom is 0.164 e. The maximum absolute atomic E-state index is 9.70. The number of rotatable bonds is 6. The van der Waals surface area contributed by atoms with E-state index in [1.807, 2.05) is 103 Å². The van der Waals surface area contributed by atoms with E-state index in [9.17, 15) is 5.26 Å². The summed E-state index contributed by atoms with van der Waals surface area (Å²) in [6.45, 7) is 0. The Bertz CT molecular complexity index is 2760. The van der Waals surface area contributed by atoms with Crippen LogP contribution in [-0.2, 0) is 0 Å². The molecule has 2 aromatic heterocycles. The molecule has 2 heterocycles. The van der Waals surface area contributed by atoms with Crippen molar-refractivity contribution in [2.45, 2.75) is 0 Å². The minimum Gasteiger partial charge on any atom is -0.456 e. The fraction of sp³-hybridized carbons (Fsp3) is 0. The van der Waals surface area contributed by atoms with Gasteiger partial charge in [-0.2, -0.15) is 5.26 Å². The fourth-order valence-corrected chi connectivity index (χ4v) is 6.71. The first kappa shape index (κ1) is 29.9. The highest BCUT2D eigenvalue weighted by atomic mass is 16.3. The number of aromatic nitrogens is 3. The molecule has 0 N–H and O–H groups in total. The summed E-state index contributed by atoms with van der Waals surface area (Å²) in [6.07, 6.45) is 0. The molecule has 0 unspecified atom stereocenters. The zero-order valence-corrected chi connectivity index (χ0v) is 27.4. The second kappa shape index (κ2) is 12.7. The van der Waals surface area contributed by atoms with Crippen molar-refractivity contribution in [3.8, 4) is 73.6 Å². The first-order chi connectivity index (χ1) is 25.2. The van der Waals surface area contributed by atoms with Crippen LogP contribution in [0.1, 0.15) is 5.56 Å². The predicted molar refractivity (Wildman–Crippen MR) is 204 cm³/mol. The third-order valence-corrected chi connectivity index (χ3v) is 9.18. The van der Waals surface area contributed by atoms with E-state index in [-0.39, 0.29) is 0 Å². The van der Waals surface area contributed by atoms with E-state index in [4.69, 9.17) is 19.4 Å². The van der Waals surface area contributed by atoms with E-state index in [1.54, 1.807) is 0 Å². The zero-order chi connectivity index (χ0) is 34.1. The predicted octanol–water partition coefficient (Wildman–Crippen LogP) is 11.6. The van der Waals surface area contributed by atoms with E-state index in [1.165, 1.54) is 0 Å². The third kappa shape index (κ3) is 5.61. The molecule has 0 amide bonds. The lowest BCUT2D eigenvalue weighted by Gasteiger charge is -2.11. The molecule has 5 heteroatoms. The number of fused-ring (bicyclic) bond motifs is 3. The van der Waals surface area contributed by atoms with Gasteiger partial charge in [0, 0.05) is 27.5 Å². The summed E-state index contributed by atoms with van der Waals surface area (Å²) in [5.41, 5.74) is 11.1. The van der Waals surface area contributed by atoms with Crippen molar-refractivity contribution >= 4 is 21.9 Å². The normalized spacial score (nSPS) is 11.1. The summed E-state index contributed by atoms with van der Waals surface area (Å²) in [4.78, 5) is 15.0. The zero-order valence-electron chi connectivity index (χ0n) is 27.4. The van der Waals surface area contributed by atoms with E-state index in [0.717, 1.165) is 72.0 Å². The summed E-state index contributed by atoms with van der Waals surface area (Å²) >= 11 is 0. The average molecular weight is 653 g/mol. The van der Waals surface area contributed by atoms with Crippen molar-refractivity contribution in [1.29, 1.82) is 5.26 Å². The van der Waals surface area contributed by atoms with Crippen LogP contribution >= 0.6 is 0 Å². The Kier molecular flexibility index (Phi) is 7.46. The lowest BCUT2D eigenvalue weighted by molar-refractivity contribution is 0.669. The van der Waals surface area contributed by atoms with E-state index in [0.29, 0.717) is 23.0 Å². The minimum absolute atomic E-state index is 0.560. The van der Waals surface area contributed by atoms with Crippen LogP contribution in [-0.4, -0.2) is 15.0 Å². The van der Waals surface area contributed by atoms with Gasteiger partial charge >= 0.3 is 0 Å². The van der Waals surface area contributed by atoms with Gasteiger partial charge in [-0.3, -0.25) is 0 Å². The molecular formula is C46H28N4O. The molecule has 0 saturated carbocycles. The van der Waals surface area contributed by atoms with Gasteiger partial charge in [0.05, 0.1) is 11.6 Å². The maximum atomic E-state index is 9.70. The summed E-state index contributed by atoms with van der Waals surface area (Å²) in [6, 6.07) is 59.3. The Morgan fingerprint density at radius 1 is 0.392 bits per heavy atom. The molecule has 0 aliphatic carbocycles. The molecule has 0 atom stereocenters. The van der Waals surface area contributed by atoms with Crippen molar-refractivity contribution < 1.29 is 4.42 Å². The second-order valence-electron chi connectivity index (χ2n) is 12.3. The molecule has 0 bridgehead atoms. The van der Waals surface area contributed by atoms with Gasteiger partial charge in [0.25, 0.3) is 0 Å². The van der Waals surface area contributed by atoms with Crippen LogP contribution in [0.5, 0.6) is 0 Å². The van der Waals surface area contributed by atoms with Crippen molar-refractivity contribution in [1.82, 2.24) is 15.0 Å². The number of hydrogen-bond donors (Lipinski definition) is 0. The number of nitriles is 1. The Balaban J connectivity index is 1.16. The van der Waals surface area contributed by atoms with Gasteiger partial charge in [0.1, 0.15) is 11.2 Å². The minimum atomic E-state index is 0.560. The Labute approximate surface area is 294 Å². The van der Waals surface area contributed by atoms with Gasteiger partial charge < -0.3 is 4.42 Å². The van der Waals surface area contributed by atoms with E-state index < -0.39 is 0 Å². The molecule has 0 aliphatic rings. The van der Waals surface area contributed by atoms with Gasteiger partial charge in [-0.25, -0.2) is 15.0 Å². The quantitative estimate of drug-likeness (QED) is 0.179. The summed E-state index contributed by atoms with van der Waals surface area (Å²) in [5, 5.41) is 11.8. The molecular weight excluding hydrogens is 625 g/mol. The summed E-state index contributed by atoms with van der Waals surface area (Å²) in [7, 11) is 0. The van der Waals surface area contributed by atoms with Crippen molar-refractivity contribution in [3.05, 3.63) is 175 Å². The monoisotopic (exact) mass is 652 g/mol. The molecule has 0 aliphatic heterocycles. The first-order valence-corrected chi connectivity index (χ1v) is 16.7. The molecule has 0 radical (unpaired) electrons. The lowest BCUT2D eigenvalue weighted by Crippen LogP contribution is -2.00. The standard InChI is InChI=1S/C46H28N4O/c47-29-37-16-7-8-21-38(37)34-19-9-17-32(26-34)33-18-10-20-35(27-33)45-48-44(31-14-5-2-6-15-31)49-46(50-45)36-24-25-40-42(28-36)51-41-23-11-22-39(43(40)41)30-12-3-1-4-13-30/h1-28H. The van der Waals surface area contributed by atoms with Crippen molar-refractivity contribution in [2.75, 3.05) is 0 Å². The van der Waals surface area contributed by atoms with Crippen molar-refractivity contribution in [2.24, 2.45) is 0 Å². The number of benzene rings is 7. The van der Waals surface area contributed by atoms with Crippen LogP contribution in [0.3, 0.4) is 0 Å². The Hall–Kier alpha value is -7.16. The van der Waals surface area contributed by atoms with E-state index in [2.05, 4.69) is 72.8 Å². The lowest BCUT2D eigenvalue weighted by atomic mass is 9.95. The molecule has 0 saturated heterocycles. The van der Waals surface area contributed by atoms with E-state index >= 15 is 0 Å². The number of furan rings is 1. The highest BCUT2D eigenvalue weighted by Crippen LogP contribution is 2.38. The van der Waals surface area contributed by atoms with Crippen LogP contribution in [0.15, 0.2) is 174 Å². The van der Waals surface area contributed by atoms with Gasteiger partial charge in [-0.1, -0.05) is 133 Å². The topological polar surface area (TPSA) is 75.6 Å². The van der Waals surface area contributed by atoms with Crippen LogP contribution in [0, 0.1) is 11.3 Å². The Morgan fingerprint density at radius 3 is 1.65 bits per heavy atom. The highest BCUT2D eigenvalue weighted by molar-refractivity contribution is 6.13. The van der Waals surface area contributed by atoms with Gasteiger partial charge in [0.2, 0.25) is 0 Å². The third-order valence-electron chi connectivity index (χ3n) is 9.18. The summed E-state index contributed by atoms with van der Waals surface area (Å²) in [5.74, 6) is 1.72. The molecule has 9 rings (SSSR count). The Morgan fingerprint density at radius 2 is 0.922 bits per heavy atom. The highest BCUT2D eigenvalue weighted by Gasteiger charge is 2.17. The van der Waals surface area contributed by atoms with Crippen LogP contribution in [0.25, 0.3) is 89.5 Å². The molecule has 7 aromatic carbocycles. The van der Waals surface area contributed by atoms with Crippen LogP contribution < -0.4 is 0 Å². The van der Waals surface area contributed by atoms with Gasteiger partial charge in [0.15, 0.2) is 17.5 Å². The van der Waals surface area contributed by atoms with Gasteiger partial charge in [-0.05, 0) is 69.8 Å². The molecule has 0 fully saturated rings. The molecule has 0 spiro atoms. The van der Waals surface area contributed by atoms with Crippen molar-refractivity contribution in [3.63, 3.8) is 0 Å². The average Bonchev–Trinajstić information content (AvgIpc) is 3.60. The largest absolute Gasteiger partial charge is 0.456 e.